The minimum atomic E-state index is -0.935. The van der Waals surface area contributed by atoms with Crippen LogP contribution in [0.15, 0.2) is 102 Å². The number of rotatable bonds is 7. The summed E-state index contributed by atoms with van der Waals surface area (Å²) in [5.74, 6) is -0.0129. The Morgan fingerprint density at radius 3 is 2.08 bits per heavy atom. The average Bonchev–Trinajstić information content (AvgIpc) is 3.54. The molecule has 0 aliphatic carbocycles. The Kier molecular flexibility index (Phi) is 6.24. The second kappa shape index (κ2) is 9.86. The van der Waals surface area contributed by atoms with Crippen LogP contribution in [0.2, 0.25) is 0 Å². The van der Waals surface area contributed by atoms with E-state index in [0.29, 0.717) is 5.65 Å². The monoisotopic (exact) mass is 509 g/mol. The van der Waals surface area contributed by atoms with Gasteiger partial charge in [-0.15, -0.1) is 0 Å². The van der Waals surface area contributed by atoms with Gasteiger partial charge in [-0.3, -0.25) is 14.3 Å². The van der Waals surface area contributed by atoms with E-state index in [9.17, 15) is 9.90 Å². The van der Waals surface area contributed by atoms with Crippen LogP contribution in [0.25, 0.3) is 11.2 Å². The van der Waals surface area contributed by atoms with Gasteiger partial charge in [0.2, 0.25) is 5.95 Å². The maximum atomic E-state index is 12.2. The lowest BCUT2D eigenvalue weighted by Gasteiger charge is -2.37. The number of benzene rings is 3. The summed E-state index contributed by atoms with van der Waals surface area (Å²) in [6.45, 7) is 0.110. The van der Waals surface area contributed by atoms with Gasteiger partial charge in [0.25, 0.3) is 5.56 Å². The number of ether oxygens (including phenoxy) is 2. The number of imidazole rings is 1. The molecule has 1 aliphatic heterocycles. The molecule has 0 unspecified atom stereocenters. The van der Waals surface area contributed by atoms with Crippen molar-refractivity contribution in [3.05, 3.63) is 124 Å². The summed E-state index contributed by atoms with van der Waals surface area (Å²) in [6.07, 6.45) is -0.265. The summed E-state index contributed by atoms with van der Waals surface area (Å²) in [5.41, 5.74) is 7.73. The SMILES string of the molecule is Nc1nc2c(ncn2[C@H]2C[C@H](O)[C@@H](COC(c3ccccc3)(c3ccccc3)c3ccccc3)O2)c(=O)[nH]1. The molecule has 1 fully saturated rings. The molecule has 0 bridgehead atoms. The minimum absolute atomic E-state index is 0.0129. The Hall–Kier alpha value is -4.31. The fourth-order valence-electron chi connectivity index (χ4n) is 5.17. The minimum Gasteiger partial charge on any atom is -0.390 e. The van der Waals surface area contributed by atoms with Gasteiger partial charge in [0.1, 0.15) is 17.9 Å². The van der Waals surface area contributed by atoms with E-state index in [-0.39, 0.29) is 24.5 Å². The number of nitrogens with zero attached hydrogens (tertiary/aromatic N) is 3. The number of nitrogens with one attached hydrogen (secondary N) is 1. The molecular formula is C29H27N5O4. The summed E-state index contributed by atoms with van der Waals surface area (Å²) in [6, 6.07) is 30.1. The summed E-state index contributed by atoms with van der Waals surface area (Å²) >= 11 is 0. The number of aromatic amines is 1. The molecule has 192 valence electrons. The molecule has 4 N–H and O–H groups in total. The molecular weight excluding hydrogens is 482 g/mol. The third kappa shape index (κ3) is 4.16. The quantitative estimate of drug-likeness (QED) is 0.287. The van der Waals surface area contributed by atoms with E-state index < -0.39 is 29.6 Å². The molecule has 6 rings (SSSR count). The molecule has 3 heterocycles. The van der Waals surface area contributed by atoms with E-state index in [1.165, 1.54) is 6.33 Å². The van der Waals surface area contributed by atoms with Crippen molar-refractivity contribution in [2.75, 3.05) is 12.3 Å². The van der Waals surface area contributed by atoms with E-state index in [0.717, 1.165) is 16.7 Å². The van der Waals surface area contributed by atoms with Gasteiger partial charge in [-0.05, 0) is 16.7 Å². The summed E-state index contributed by atoms with van der Waals surface area (Å²) in [4.78, 5) is 23.0. The van der Waals surface area contributed by atoms with Crippen molar-refractivity contribution in [2.24, 2.45) is 0 Å². The average molecular weight is 510 g/mol. The molecule has 2 aromatic heterocycles. The van der Waals surface area contributed by atoms with Gasteiger partial charge in [-0.2, -0.15) is 4.98 Å². The third-order valence-electron chi connectivity index (χ3n) is 6.97. The van der Waals surface area contributed by atoms with Crippen LogP contribution in [0.5, 0.6) is 0 Å². The number of H-pyrrole nitrogens is 1. The van der Waals surface area contributed by atoms with Crippen LogP contribution in [0.4, 0.5) is 5.95 Å². The predicted molar refractivity (Wildman–Crippen MR) is 142 cm³/mol. The highest BCUT2D eigenvalue weighted by Crippen LogP contribution is 2.41. The topological polar surface area (TPSA) is 128 Å². The van der Waals surface area contributed by atoms with Crippen LogP contribution in [-0.4, -0.2) is 43.4 Å². The van der Waals surface area contributed by atoms with Gasteiger partial charge in [-0.1, -0.05) is 91.0 Å². The molecule has 9 heteroatoms. The molecule has 0 amide bonds. The van der Waals surface area contributed by atoms with E-state index in [4.69, 9.17) is 15.2 Å². The largest absolute Gasteiger partial charge is 0.390 e. The normalized spacial score (nSPS) is 19.7. The molecule has 0 spiro atoms. The Bertz CT molecular complexity index is 1490. The van der Waals surface area contributed by atoms with Crippen molar-refractivity contribution in [2.45, 2.75) is 30.5 Å². The van der Waals surface area contributed by atoms with Crippen molar-refractivity contribution < 1.29 is 14.6 Å². The third-order valence-corrected chi connectivity index (χ3v) is 6.97. The van der Waals surface area contributed by atoms with Gasteiger partial charge in [0.05, 0.1) is 19.0 Å². The molecule has 9 nitrogen and oxygen atoms in total. The lowest BCUT2D eigenvalue weighted by molar-refractivity contribution is -0.0930. The van der Waals surface area contributed by atoms with E-state index in [1.54, 1.807) is 4.57 Å². The highest BCUT2D eigenvalue weighted by Gasteiger charge is 2.42. The highest BCUT2D eigenvalue weighted by atomic mass is 16.6. The van der Waals surface area contributed by atoms with Crippen LogP contribution in [0, 0.1) is 0 Å². The van der Waals surface area contributed by atoms with Crippen LogP contribution < -0.4 is 11.3 Å². The number of hydrogen-bond donors (Lipinski definition) is 3. The first-order chi connectivity index (χ1) is 18.6. The Labute approximate surface area is 218 Å². The number of aliphatic hydroxyl groups is 1. The van der Waals surface area contributed by atoms with Crippen LogP contribution in [0.3, 0.4) is 0 Å². The number of aromatic nitrogens is 4. The highest BCUT2D eigenvalue weighted by molar-refractivity contribution is 5.70. The zero-order valence-electron chi connectivity index (χ0n) is 20.5. The smallest absolute Gasteiger partial charge is 0.280 e. The number of anilines is 1. The van der Waals surface area contributed by atoms with Crippen molar-refractivity contribution in [3.8, 4) is 0 Å². The molecule has 3 atom stereocenters. The van der Waals surface area contributed by atoms with Crippen molar-refractivity contribution in [1.29, 1.82) is 0 Å². The molecule has 0 radical (unpaired) electrons. The second-order valence-electron chi connectivity index (χ2n) is 9.30. The van der Waals surface area contributed by atoms with E-state index in [2.05, 4.69) is 15.0 Å². The fourth-order valence-corrected chi connectivity index (χ4v) is 5.17. The summed E-state index contributed by atoms with van der Waals surface area (Å²) < 4.78 is 14.7. The number of hydrogen-bond acceptors (Lipinski definition) is 7. The maximum Gasteiger partial charge on any atom is 0.280 e. The van der Waals surface area contributed by atoms with Crippen LogP contribution >= 0.6 is 0 Å². The number of nitrogen functional groups attached to an aromatic ring is 1. The van der Waals surface area contributed by atoms with Crippen molar-refractivity contribution in [1.82, 2.24) is 19.5 Å². The maximum absolute atomic E-state index is 12.2. The Morgan fingerprint density at radius 1 is 0.974 bits per heavy atom. The first-order valence-electron chi connectivity index (χ1n) is 12.4. The second-order valence-corrected chi connectivity index (χ2v) is 9.30. The van der Waals surface area contributed by atoms with Gasteiger partial charge in [-0.25, -0.2) is 4.98 Å². The summed E-state index contributed by atoms with van der Waals surface area (Å²) in [5, 5.41) is 11.0. The van der Waals surface area contributed by atoms with E-state index >= 15 is 0 Å². The number of aliphatic hydroxyl groups excluding tert-OH is 1. The van der Waals surface area contributed by atoms with E-state index in [1.807, 2.05) is 91.0 Å². The molecule has 3 aromatic carbocycles. The van der Waals surface area contributed by atoms with Gasteiger partial charge >= 0.3 is 0 Å². The predicted octanol–water partition coefficient (Wildman–Crippen LogP) is 3.36. The number of fused-ring (bicyclic) bond motifs is 1. The first kappa shape index (κ1) is 24.1. The molecule has 1 saturated heterocycles. The zero-order chi connectivity index (χ0) is 26.1. The van der Waals surface area contributed by atoms with Crippen molar-refractivity contribution >= 4 is 17.1 Å². The number of nitrogens with two attached hydrogens (primary N) is 1. The van der Waals surface area contributed by atoms with Crippen molar-refractivity contribution in [3.63, 3.8) is 0 Å². The standard InChI is InChI=1S/C29H27N5O4/c30-28-32-26-25(27(36)33-28)31-18-34(26)24-16-22(35)23(38-24)17-37-29(19-10-4-1-5-11-19,20-12-6-2-7-13-20)21-14-8-3-9-15-21/h1-15,18,22-24,35H,16-17H2,(H3,30,32,33,36)/t22-,23+,24+/m0/s1. The molecule has 1 aliphatic rings. The van der Waals surface area contributed by atoms with Gasteiger partial charge < -0.3 is 20.3 Å². The van der Waals surface area contributed by atoms with Gasteiger partial charge in [0.15, 0.2) is 11.2 Å². The summed E-state index contributed by atoms with van der Waals surface area (Å²) in [7, 11) is 0. The first-order valence-corrected chi connectivity index (χ1v) is 12.4. The van der Waals surface area contributed by atoms with Crippen LogP contribution in [-0.2, 0) is 15.1 Å². The molecule has 38 heavy (non-hydrogen) atoms. The Balaban J connectivity index is 1.35. The lowest BCUT2D eigenvalue weighted by atomic mass is 9.80. The molecule has 0 saturated carbocycles. The lowest BCUT2D eigenvalue weighted by Crippen LogP contribution is -2.38. The van der Waals surface area contributed by atoms with Gasteiger partial charge in [0, 0.05) is 6.42 Å². The fraction of sp³-hybridized carbons (Fsp3) is 0.207. The zero-order valence-corrected chi connectivity index (χ0v) is 20.5. The molecule has 5 aromatic rings. The Morgan fingerprint density at radius 2 is 1.53 bits per heavy atom. The van der Waals surface area contributed by atoms with Crippen LogP contribution in [0.1, 0.15) is 29.3 Å².